The minimum absolute atomic E-state index is 0.0537. The third kappa shape index (κ3) is 3.96. The van der Waals surface area contributed by atoms with Gasteiger partial charge in [-0.15, -0.1) is 0 Å². The summed E-state index contributed by atoms with van der Waals surface area (Å²) < 4.78 is 0.772. The second kappa shape index (κ2) is 6.59. The number of aliphatic carboxylic acids is 1. The number of rotatable bonds is 3. The molecule has 0 spiro atoms. The zero-order chi connectivity index (χ0) is 14.7. The molecule has 108 valence electrons. The number of carbonyl (C=O) groups excluding carboxylic acids is 1. The van der Waals surface area contributed by atoms with E-state index in [0.29, 0.717) is 23.7 Å². The molecule has 0 bridgehead atoms. The van der Waals surface area contributed by atoms with Crippen LogP contribution in [0.5, 0.6) is 0 Å². The van der Waals surface area contributed by atoms with Crippen molar-refractivity contribution < 1.29 is 14.7 Å². The molecule has 0 unspecified atom stereocenters. The number of benzene rings is 1. The van der Waals surface area contributed by atoms with Crippen LogP contribution in [0.3, 0.4) is 0 Å². The first-order valence-electron chi connectivity index (χ1n) is 6.43. The summed E-state index contributed by atoms with van der Waals surface area (Å²) in [5, 5.41) is 9.30. The van der Waals surface area contributed by atoms with E-state index in [1.165, 1.54) is 0 Å². The first kappa shape index (κ1) is 15.3. The highest BCUT2D eigenvalue weighted by Gasteiger charge is 2.25. The second-order valence-electron chi connectivity index (χ2n) is 4.99. The van der Waals surface area contributed by atoms with Gasteiger partial charge in [-0.05, 0) is 37.0 Å². The van der Waals surface area contributed by atoms with Crippen LogP contribution in [0.15, 0.2) is 22.7 Å². The van der Waals surface area contributed by atoms with Gasteiger partial charge in [-0.25, -0.2) is 0 Å². The molecule has 1 aromatic carbocycles. The Morgan fingerprint density at radius 2 is 1.95 bits per heavy atom. The molecule has 6 heteroatoms. The van der Waals surface area contributed by atoms with E-state index in [4.69, 9.17) is 16.7 Å². The van der Waals surface area contributed by atoms with Crippen LogP contribution in [0.4, 0.5) is 0 Å². The van der Waals surface area contributed by atoms with Crippen molar-refractivity contribution in [2.75, 3.05) is 13.1 Å². The number of halogens is 2. The fraction of sp³-hybridized carbons (Fsp3) is 0.429. The minimum atomic E-state index is -0.770. The lowest BCUT2D eigenvalue weighted by Crippen LogP contribution is -2.38. The summed E-state index contributed by atoms with van der Waals surface area (Å²) in [5.74, 6) is -0.654. The second-order valence-corrected chi connectivity index (χ2v) is 6.34. The molecule has 1 fully saturated rings. The van der Waals surface area contributed by atoms with Crippen LogP contribution in [0, 0.1) is 5.92 Å². The number of likely N-dealkylation sites (tertiary alicyclic amines) is 1. The van der Waals surface area contributed by atoms with Crippen molar-refractivity contribution in [3.05, 3.63) is 33.3 Å². The highest BCUT2D eigenvalue weighted by Crippen LogP contribution is 2.24. The largest absolute Gasteiger partial charge is 0.481 e. The van der Waals surface area contributed by atoms with Gasteiger partial charge in [0.05, 0.1) is 0 Å². The van der Waals surface area contributed by atoms with Crippen LogP contribution in [-0.4, -0.2) is 35.0 Å². The molecule has 0 atom stereocenters. The van der Waals surface area contributed by atoms with E-state index in [2.05, 4.69) is 15.9 Å². The summed E-state index contributed by atoms with van der Waals surface area (Å²) in [7, 11) is 0. The van der Waals surface area contributed by atoms with Crippen molar-refractivity contribution in [1.82, 2.24) is 4.90 Å². The van der Waals surface area contributed by atoms with E-state index < -0.39 is 5.97 Å². The van der Waals surface area contributed by atoms with E-state index in [-0.39, 0.29) is 18.2 Å². The summed E-state index contributed by atoms with van der Waals surface area (Å²) in [5.41, 5.74) is 0.557. The summed E-state index contributed by atoms with van der Waals surface area (Å²) in [4.78, 5) is 24.8. The first-order valence-corrected chi connectivity index (χ1v) is 7.60. The summed E-state index contributed by atoms with van der Waals surface area (Å²) in [6.07, 6.45) is 1.66. The molecule has 1 N–H and O–H groups in total. The molecule has 0 aromatic heterocycles. The van der Waals surface area contributed by atoms with Crippen LogP contribution in [-0.2, 0) is 4.79 Å². The fourth-order valence-electron chi connectivity index (χ4n) is 2.45. The molecule has 1 saturated heterocycles. The van der Waals surface area contributed by atoms with E-state index in [9.17, 15) is 9.59 Å². The first-order chi connectivity index (χ1) is 9.45. The van der Waals surface area contributed by atoms with Gasteiger partial charge >= 0.3 is 5.97 Å². The number of carboxylic acid groups (broad SMARTS) is 1. The van der Waals surface area contributed by atoms with Crippen molar-refractivity contribution in [2.45, 2.75) is 19.3 Å². The highest BCUT2D eigenvalue weighted by atomic mass is 79.9. The average molecular weight is 361 g/mol. The molecule has 1 aromatic rings. The van der Waals surface area contributed by atoms with Crippen molar-refractivity contribution in [3.63, 3.8) is 0 Å². The maximum absolute atomic E-state index is 12.4. The number of carboxylic acids is 1. The predicted octanol–water partition coefficient (Wildman–Crippen LogP) is 3.43. The van der Waals surface area contributed by atoms with Crippen molar-refractivity contribution in [2.24, 2.45) is 5.92 Å². The van der Waals surface area contributed by atoms with E-state index >= 15 is 0 Å². The van der Waals surface area contributed by atoms with Crippen LogP contribution in [0.25, 0.3) is 0 Å². The molecule has 0 radical (unpaired) electrons. The molecular formula is C14H15BrClNO3. The van der Waals surface area contributed by atoms with Crippen molar-refractivity contribution in [3.8, 4) is 0 Å². The number of hydrogen-bond donors (Lipinski definition) is 1. The zero-order valence-electron chi connectivity index (χ0n) is 10.8. The highest BCUT2D eigenvalue weighted by molar-refractivity contribution is 9.10. The zero-order valence-corrected chi connectivity index (χ0v) is 13.2. The van der Waals surface area contributed by atoms with Gasteiger partial charge in [-0.1, -0.05) is 27.5 Å². The van der Waals surface area contributed by atoms with Gasteiger partial charge in [0, 0.05) is 34.6 Å². The molecule has 0 aliphatic carbocycles. The molecule has 1 heterocycles. The minimum Gasteiger partial charge on any atom is -0.481 e. The van der Waals surface area contributed by atoms with Crippen molar-refractivity contribution in [1.29, 1.82) is 0 Å². The number of hydrogen-bond acceptors (Lipinski definition) is 2. The third-order valence-corrected chi connectivity index (χ3v) is 4.15. The topological polar surface area (TPSA) is 57.6 Å². The van der Waals surface area contributed by atoms with Gasteiger partial charge in [0.1, 0.15) is 0 Å². The summed E-state index contributed by atoms with van der Waals surface area (Å²) in [6.45, 7) is 1.20. The Morgan fingerprint density at radius 3 is 2.50 bits per heavy atom. The van der Waals surface area contributed by atoms with Gasteiger partial charge in [-0.3, -0.25) is 9.59 Å². The van der Waals surface area contributed by atoms with E-state index in [0.717, 1.165) is 17.3 Å². The lowest BCUT2D eigenvalue weighted by Gasteiger charge is -2.31. The van der Waals surface area contributed by atoms with Crippen LogP contribution in [0.1, 0.15) is 29.6 Å². The molecule has 2 rings (SSSR count). The number of carbonyl (C=O) groups is 2. The molecule has 20 heavy (non-hydrogen) atoms. The van der Waals surface area contributed by atoms with Crippen LogP contribution < -0.4 is 0 Å². The van der Waals surface area contributed by atoms with E-state index in [1.807, 2.05) is 0 Å². The normalized spacial score (nSPS) is 16.2. The smallest absolute Gasteiger partial charge is 0.303 e. The van der Waals surface area contributed by atoms with Gasteiger partial charge in [0.15, 0.2) is 0 Å². The predicted molar refractivity (Wildman–Crippen MR) is 80.0 cm³/mol. The maximum Gasteiger partial charge on any atom is 0.303 e. The van der Waals surface area contributed by atoms with E-state index in [1.54, 1.807) is 23.1 Å². The molecule has 1 aliphatic rings. The monoisotopic (exact) mass is 359 g/mol. The Balaban J connectivity index is 1.99. The molecule has 1 aliphatic heterocycles. The molecule has 0 saturated carbocycles. The Morgan fingerprint density at radius 1 is 1.30 bits per heavy atom. The third-order valence-electron chi connectivity index (χ3n) is 3.47. The molecular weight excluding hydrogens is 346 g/mol. The van der Waals surface area contributed by atoms with Gasteiger partial charge in [-0.2, -0.15) is 0 Å². The fourth-order valence-corrected chi connectivity index (χ4v) is 3.31. The lowest BCUT2D eigenvalue weighted by molar-refractivity contribution is -0.138. The number of amides is 1. The average Bonchev–Trinajstić information content (AvgIpc) is 2.37. The van der Waals surface area contributed by atoms with Gasteiger partial charge in [0.25, 0.3) is 5.91 Å². The van der Waals surface area contributed by atoms with Gasteiger partial charge < -0.3 is 10.0 Å². The van der Waals surface area contributed by atoms with Gasteiger partial charge in [0.2, 0.25) is 0 Å². The van der Waals surface area contributed by atoms with Crippen molar-refractivity contribution >= 4 is 39.4 Å². The lowest BCUT2D eigenvalue weighted by atomic mass is 9.93. The Bertz CT molecular complexity index is 507. The molecule has 4 nitrogen and oxygen atoms in total. The quantitative estimate of drug-likeness (QED) is 0.898. The molecule has 1 amide bonds. The standard InChI is InChI=1S/C14H15BrClNO3/c15-11-6-10(7-12(16)8-11)14(20)17-3-1-9(2-4-17)5-13(18)19/h6-9H,1-5H2,(H,18,19). The SMILES string of the molecule is O=C(O)CC1CCN(C(=O)c2cc(Cl)cc(Br)c2)CC1. The maximum atomic E-state index is 12.4. The Kier molecular flexibility index (Phi) is 5.05. The Hall–Kier alpha value is -1.07. The Labute approximate surface area is 130 Å². The number of piperidine rings is 1. The van der Waals surface area contributed by atoms with Crippen LogP contribution in [0.2, 0.25) is 5.02 Å². The summed E-state index contributed by atoms with van der Waals surface area (Å²) in [6, 6.07) is 5.13. The summed E-state index contributed by atoms with van der Waals surface area (Å²) >= 11 is 9.27. The van der Waals surface area contributed by atoms with Crippen LogP contribution >= 0.6 is 27.5 Å². The number of nitrogens with zero attached hydrogens (tertiary/aromatic N) is 1.